The van der Waals surface area contributed by atoms with Gasteiger partial charge in [-0.25, -0.2) is 4.79 Å². The normalized spacial score (nSPS) is 11.7. The lowest BCUT2D eigenvalue weighted by atomic mass is 10.1. The molecule has 0 atom stereocenters. The second-order valence-corrected chi connectivity index (χ2v) is 8.67. The fourth-order valence-electron chi connectivity index (χ4n) is 3.88. The zero-order valence-corrected chi connectivity index (χ0v) is 19.8. The van der Waals surface area contributed by atoms with E-state index >= 15 is 0 Å². The van der Waals surface area contributed by atoms with Gasteiger partial charge < -0.3 is 23.9 Å². The van der Waals surface area contributed by atoms with E-state index < -0.39 is 0 Å². The van der Waals surface area contributed by atoms with Crippen LogP contribution in [0.5, 0.6) is 11.5 Å². The number of ether oxygens (including phenoxy) is 2. The van der Waals surface area contributed by atoms with Gasteiger partial charge in [0.1, 0.15) is 11.5 Å². The fourth-order valence-corrected chi connectivity index (χ4v) is 3.88. The van der Waals surface area contributed by atoms with Crippen LogP contribution < -0.4 is 15.2 Å². The molecule has 176 valence electrons. The Morgan fingerprint density at radius 3 is 2.55 bits per heavy atom. The van der Waals surface area contributed by atoms with Crippen molar-refractivity contribution >= 4 is 22.0 Å². The second-order valence-electron chi connectivity index (χ2n) is 8.67. The van der Waals surface area contributed by atoms with Crippen LogP contribution in [0.1, 0.15) is 37.4 Å². The van der Waals surface area contributed by atoms with Crippen LogP contribution in [0.15, 0.2) is 39.6 Å². The van der Waals surface area contributed by atoms with Crippen LogP contribution in [0.4, 0.5) is 0 Å². The molecule has 0 saturated carbocycles. The highest BCUT2D eigenvalue weighted by atomic mass is 16.5. The molecule has 8 nitrogen and oxygen atoms in total. The number of hydrogen-bond donors (Lipinski definition) is 1. The Morgan fingerprint density at radius 1 is 1.06 bits per heavy atom. The fraction of sp³-hybridized carbons (Fsp3) is 0.440. The van der Waals surface area contributed by atoms with Gasteiger partial charge in [-0.15, -0.1) is 0 Å². The van der Waals surface area contributed by atoms with Crippen molar-refractivity contribution in [3.63, 3.8) is 0 Å². The zero-order chi connectivity index (χ0) is 23.4. The van der Waals surface area contributed by atoms with Crippen LogP contribution in [0.3, 0.4) is 0 Å². The Morgan fingerprint density at radius 2 is 1.82 bits per heavy atom. The van der Waals surface area contributed by atoms with E-state index in [0.29, 0.717) is 25.3 Å². The number of H-pyrrole nitrogens is 1. The summed E-state index contributed by atoms with van der Waals surface area (Å²) in [7, 11) is 4.15. The standard InChI is InChI=1S/C25H32N4O4/c1-5-9-31-19-11-18(12-20(13-19)32-10-7-6-8-28(3)4)16-29-23-14-21-17(2)27-33-24(21)15-22(23)26-25(29)30/h11-15H,5-10,16H2,1-4H3,(H,26,30). The van der Waals surface area contributed by atoms with E-state index in [9.17, 15) is 4.79 Å². The molecule has 0 spiro atoms. The summed E-state index contributed by atoms with van der Waals surface area (Å²) in [5.41, 5.74) is 3.76. The lowest BCUT2D eigenvalue weighted by Crippen LogP contribution is -2.17. The van der Waals surface area contributed by atoms with Gasteiger partial charge in [0.15, 0.2) is 5.58 Å². The Labute approximate surface area is 193 Å². The highest BCUT2D eigenvalue weighted by molar-refractivity contribution is 5.93. The molecule has 0 radical (unpaired) electrons. The van der Waals surface area contributed by atoms with Crippen LogP contribution >= 0.6 is 0 Å². The number of aromatic nitrogens is 3. The van der Waals surface area contributed by atoms with Gasteiger partial charge in [-0.3, -0.25) is 4.57 Å². The predicted octanol–water partition coefficient (Wildman–Crippen LogP) is 4.34. The van der Waals surface area contributed by atoms with Gasteiger partial charge >= 0.3 is 5.69 Å². The summed E-state index contributed by atoms with van der Waals surface area (Å²) < 4.78 is 19.0. The van der Waals surface area contributed by atoms with E-state index in [2.05, 4.69) is 36.1 Å². The third kappa shape index (κ3) is 5.39. The number of aryl methyl sites for hydroxylation is 1. The van der Waals surface area contributed by atoms with Crippen LogP contribution in [-0.4, -0.2) is 53.5 Å². The van der Waals surface area contributed by atoms with Crippen molar-refractivity contribution < 1.29 is 14.0 Å². The van der Waals surface area contributed by atoms with Crippen molar-refractivity contribution in [1.82, 2.24) is 19.6 Å². The van der Waals surface area contributed by atoms with E-state index in [1.807, 2.05) is 37.3 Å². The number of nitrogens with zero attached hydrogens (tertiary/aromatic N) is 3. The van der Waals surface area contributed by atoms with E-state index in [1.54, 1.807) is 4.57 Å². The maximum absolute atomic E-state index is 12.8. The molecule has 1 N–H and O–H groups in total. The molecule has 2 heterocycles. The van der Waals surface area contributed by atoms with Gasteiger partial charge in [-0.05, 0) is 70.6 Å². The summed E-state index contributed by atoms with van der Waals surface area (Å²) in [6.45, 7) is 6.67. The lowest BCUT2D eigenvalue weighted by Gasteiger charge is -2.13. The summed E-state index contributed by atoms with van der Waals surface area (Å²) in [4.78, 5) is 17.9. The average Bonchev–Trinajstić information content (AvgIpc) is 3.29. The van der Waals surface area contributed by atoms with Crippen LogP contribution in [0.25, 0.3) is 22.0 Å². The number of unbranched alkanes of at least 4 members (excludes halogenated alkanes) is 1. The van der Waals surface area contributed by atoms with Crippen molar-refractivity contribution in [2.24, 2.45) is 0 Å². The Hall–Kier alpha value is -3.26. The average molecular weight is 453 g/mol. The van der Waals surface area contributed by atoms with Gasteiger partial charge in [0.05, 0.1) is 36.5 Å². The lowest BCUT2D eigenvalue weighted by molar-refractivity contribution is 0.286. The molecule has 4 aromatic rings. The monoisotopic (exact) mass is 452 g/mol. The molecular formula is C25H32N4O4. The molecule has 0 amide bonds. The van der Waals surface area contributed by atoms with E-state index in [0.717, 1.165) is 65.0 Å². The van der Waals surface area contributed by atoms with Gasteiger partial charge in [-0.2, -0.15) is 0 Å². The zero-order valence-electron chi connectivity index (χ0n) is 19.8. The number of fused-ring (bicyclic) bond motifs is 2. The predicted molar refractivity (Wildman–Crippen MR) is 129 cm³/mol. The first kappa shape index (κ1) is 22.9. The molecule has 0 bridgehead atoms. The first-order valence-corrected chi connectivity index (χ1v) is 11.5. The number of rotatable bonds is 11. The molecule has 0 saturated heterocycles. The number of aromatic amines is 1. The molecule has 0 aliphatic rings. The van der Waals surface area contributed by atoms with Gasteiger partial charge in [-0.1, -0.05) is 12.1 Å². The van der Waals surface area contributed by atoms with Gasteiger partial charge in [0.25, 0.3) is 0 Å². The van der Waals surface area contributed by atoms with E-state index in [1.165, 1.54) is 0 Å². The van der Waals surface area contributed by atoms with Crippen LogP contribution in [0.2, 0.25) is 0 Å². The number of hydrogen-bond acceptors (Lipinski definition) is 6. The summed E-state index contributed by atoms with van der Waals surface area (Å²) in [5, 5.41) is 4.93. The summed E-state index contributed by atoms with van der Waals surface area (Å²) >= 11 is 0. The summed E-state index contributed by atoms with van der Waals surface area (Å²) in [6.07, 6.45) is 2.97. The molecule has 8 heteroatoms. The maximum atomic E-state index is 12.8. The quantitative estimate of drug-likeness (QED) is 0.341. The minimum atomic E-state index is -0.172. The Bertz CT molecular complexity index is 1290. The molecular weight excluding hydrogens is 420 g/mol. The van der Waals surface area contributed by atoms with Crippen molar-refractivity contribution in [2.75, 3.05) is 33.9 Å². The van der Waals surface area contributed by atoms with Crippen molar-refractivity contribution in [3.8, 4) is 11.5 Å². The highest BCUT2D eigenvalue weighted by Gasteiger charge is 2.14. The van der Waals surface area contributed by atoms with Crippen LogP contribution in [-0.2, 0) is 6.54 Å². The minimum Gasteiger partial charge on any atom is -0.493 e. The molecule has 0 unspecified atom stereocenters. The number of imidazole rings is 1. The van der Waals surface area contributed by atoms with Crippen molar-refractivity contribution in [3.05, 3.63) is 52.1 Å². The van der Waals surface area contributed by atoms with E-state index in [4.69, 9.17) is 14.0 Å². The topological polar surface area (TPSA) is 85.5 Å². The minimum absolute atomic E-state index is 0.172. The van der Waals surface area contributed by atoms with E-state index in [-0.39, 0.29) is 5.69 Å². The molecule has 0 fully saturated rings. The van der Waals surface area contributed by atoms with Crippen molar-refractivity contribution in [1.29, 1.82) is 0 Å². The molecule has 4 rings (SSSR count). The van der Waals surface area contributed by atoms with Crippen LogP contribution in [0, 0.1) is 6.92 Å². The molecule has 33 heavy (non-hydrogen) atoms. The third-order valence-electron chi connectivity index (χ3n) is 5.57. The van der Waals surface area contributed by atoms with Crippen molar-refractivity contribution in [2.45, 2.75) is 39.7 Å². The maximum Gasteiger partial charge on any atom is 0.326 e. The first-order chi connectivity index (χ1) is 15.9. The molecule has 2 aromatic heterocycles. The largest absolute Gasteiger partial charge is 0.493 e. The smallest absolute Gasteiger partial charge is 0.326 e. The summed E-state index contributed by atoms with van der Waals surface area (Å²) in [6, 6.07) is 9.66. The molecule has 0 aliphatic heterocycles. The highest BCUT2D eigenvalue weighted by Crippen LogP contribution is 2.27. The number of benzene rings is 2. The first-order valence-electron chi connectivity index (χ1n) is 11.5. The number of nitrogens with one attached hydrogen (secondary N) is 1. The molecule has 2 aromatic carbocycles. The second kappa shape index (κ2) is 10.1. The van der Waals surface area contributed by atoms with Gasteiger partial charge in [0.2, 0.25) is 0 Å². The third-order valence-corrected chi connectivity index (χ3v) is 5.57. The SMILES string of the molecule is CCCOc1cc(Cn2c(=O)[nH]c3cc4onc(C)c4cc32)cc(OCCCCN(C)C)c1. The summed E-state index contributed by atoms with van der Waals surface area (Å²) in [5.74, 6) is 1.51. The van der Waals surface area contributed by atoms with Gasteiger partial charge in [0, 0.05) is 17.5 Å². The Balaban J connectivity index is 1.60. The molecule has 0 aliphatic carbocycles. The Kier molecular flexibility index (Phi) is 7.03.